The number of nitrogens with two attached hydrogens (primary N) is 2. The number of hydrogen-bond acceptors (Lipinski definition) is 3. The lowest BCUT2D eigenvalue weighted by Crippen LogP contribution is -2.49. The van der Waals surface area contributed by atoms with E-state index in [2.05, 4.69) is 6.92 Å². The van der Waals surface area contributed by atoms with E-state index in [4.69, 9.17) is 11.5 Å². The maximum atomic E-state index is 11.3. The molecule has 2 rings (SSSR count). The van der Waals surface area contributed by atoms with E-state index in [0.29, 0.717) is 24.2 Å². The Labute approximate surface area is 72.5 Å². The average Bonchev–Trinajstić information content (AvgIpc) is 2.51. The van der Waals surface area contributed by atoms with Gasteiger partial charge in [0.1, 0.15) is 5.78 Å². The fourth-order valence-corrected chi connectivity index (χ4v) is 3.00. The highest BCUT2D eigenvalue weighted by Gasteiger charge is 2.67. The summed E-state index contributed by atoms with van der Waals surface area (Å²) >= 11 is 0. The predicted molar refractivity (Wildman–Crippen MR) is 46.3 cm³/mol. The lowest BCUT2D eigenvalue weighted by molar-refractivity contribution is -0.122. The highest BCUT2D eigenvalue weighted by Crippen LogP contribution is 2.60. The van der Waals surface area contributed by atoms with Crippen LogP contribution in [0.15, 0.2) is 0 Å². The van der Waals surface area contributed by atoms with Crippen LogP contribution < -0.4 is 11.5 Å². The second kappa shape index (κ2) is 2.09. The van der Waals surface area contributed by atoms with Crippen LogP contribution in [0.2, 0.25) is 0 Å². The smallest absolute Gasteiger partial charge is 0.149 e. The quantitative estimate of drug-likeness (QED) is 0.574. The first-order valence-corrected chi connectivity index (χ1v) is 4.54. The van der Waals surface area contributed by atoms with E-state index in [0.717, 1.165) is 0 Å². The number of carbonyl (C=O) groups excluding carboxylic acids is 1. The molecule has 5 atom stereocenters. The first kappa shape index (κ1) is 8.20. The molecule has 3 unspecified atom stereocenters. The Kier molecular flexibility index (Phi) is 1.43. The van der Waals surface area contributed by atoms with E-state index in [9.17, 15) is 4.79 Å². The molecule has 2 saturated carbocycles. The summed E-state index contributed by atoms with van der Waals surface area (Å²) in [6.07, 6.45) is 0.683. The maximum Gasteiger partial charge on any atom is 0.149 e. The summed E-state index contributed by atoms with van der Waals surface area (Å²) in [4.78, 5) is 11.3. The zero-order chi connectivity index (χ0) is 9.09. The van der Waals surface area contributed by atoms with Crippen LogP contribution in [-0.2, 0) is 4.79 Å². The predicted octanol–water partition coefficient (Wildman–Crippen LogP) is -0.114. The normalized spacial score (nSPS) is 56.7. The molecular weight excluding hydrogens is 152 g/mol. The van der Waals surface area contributed by atoms with Gasteiger partial charge in [0.2, 0.25) is 0 Å². The monoisotopic (exact) mass is 168 g/mol. The molecule has 2 aliphatic carbocycles. The summed E-state index contributed by atoms with van der Waals surface area (Å²) in [6, 6.07) is 0.152. The van der Waals surface area contributed by atoms with Crippen LogP contribution in [0, 0.1) is 17.8 Å². The van der Waals surface area contributed by atoms with Gasteiger partial charge in [-0.1, -0.05) is 6.92 Å². The van der Waals surface area contributed by atoms with E-state index in [1.165, 1.54) is 0 Å². The van der Waals surface area contributed by atoms with Gasteiger partial charge in [-0.05, 0) is 31.1 Å². The van der Waals surface area contributed by atoms with Crippen LogP contribution >= 0.6 is 0 Å². The third-order valence-electron chi connectivity index (χ3n) is 3.77. The van der Waals surface area contributed by atoms with E-state index in [-0.39, 0.29) is 11.8 Å². The van der Waals surface area contributed by atoms with Crippen molar-refractivity contribution in [2.24, 2.45) is 29.2 Å². The Morgan fingerprint density at radius 3 is 2.42 bits per heavy atom. The number of Topliss-reactive ketones (excluding diaryl/α,β-unsaturated/α-hetero) is 1. The molecular formula is C9H16N2O. The Balaban J connectivity index is 2.25. The van der Waals surface area contributed by atoms with Crippen molar-refractivity contribution in [1.29, 1.82) is 0 Å². The van der Waals surface area contributed by atoms with Crippen LogP contribution in [0.25, 0.3) is 0 Å². The molecule has 12 heavy (non-hydrogen) atoms. The number of rotatable bonds is 1. The molecule has 68 valence electrons. The van der Waals surface area contributed by atoms with E-state index >= 15 is 0 Å². The van der Waals surface area contributed by atoms with Crippen LogP contribution in [-0.4, -0.2) is 17.4 Å². The lowest BCUT2D eigenvalue weighted by Gasteiger charge is -2.24. The van der Waals surface area contributed by atoms with Crippen LogP contribution in [0.1, 0.15) is 20.3 Å². The van der Waals surface area contributed by atoms with Crippen LogP contribution in [0.4, 0.5) is 0 Å². The van der Waals surface area contributed by atoms with Gasteiger partial charge in [0.15, 0.2) is 0 Å². The second-order valence-electron chi connectivity index (χ2n) is 4.43. The second-order valence-corrected chi connectivity index (χ2v) is 4.43. The van der Waals surface area contributed by atoms with Crippen molar-refractivity contribution in [3.63, 3.8) is 0 Å². The minimum absolute atomic E-state index is 0.106. The van der Waals surface area contributed by atoms with Gasteiger partial charge in [-0.15, -0.1) is 0 Å². The number of hydrogen-bond donors (Lipinski definition) is 2. The SMILES string of the molecule is CC(=O)[C@]1(N)C[C@@H](N)C2C(C)C21. The van der Waals surface area contributed by atoms with Gasteiger partial charge in [0.05, 0.1) is 5.54 Å². The third kappa shape index (κ3) is 0.756. The van der Waals surface area contributed by atoms with E-state index < -0.39 is 5.54 Å². The average molecular weight is 168 g/mol. The van der Waals surface area contributed by atoms with Crippen molar-refractivity contribution >= 4 is 5.78 Å². The molecule has 2 fully saturated rings. The Morgan fingerprint density at radius 2 is 2.17 bits per heavy atom. The van der Waals surface area contributed by atoms with Crippen LogP contribution in [0.5, 0.6) is 0 Å². The molecule has 0 amide bonds. The number of fused-ring (bicyclic) bond motifs is 1. The summed E-state index contributed by atoms with van der Waals surface area (Å²) < 4.78 is 0. The molecule has 0 aromatic rings. The Hall–Kier alpha value is -0.410. The minimum Gasteiger partial charge on any atom is -0.327 e. The zero-order valence-corrected chi connectivity index (χ0v) is 7.58. The van der Waals surface area contributed by atoms with Crippen molar-refractivity contribution in [3.8, 4) is 0 Å². The van der Waals surface area contributed by atoms with Gasteiger partial charge in [-0.3, -0.25) is 4.79 Å². The number of carbonyl (C=O) groups is 1. The number of ketones is 1. The fourth-order valence-electron chi connectivity index (χ4n) is 3.00. The molecule has 2 aliphatic rings. The van der Waals surface area contributed by atoms with Gasteiger partial charge >= 0.3 is 0 Å². The summed E-state index contributed by atoms with van der Waals surface area (Å²) in [5.74, 6) is 1.54. The molecule has 0 aromatic heterocycles. The summed E-state index contributed by atoms with van der Waals surface area (Å²) in [7, 11) is 0. The third-order valence-corrected chi connectivity index (χ3v) is 3.77. The van der Waals surface area contributed by atoms with E-state index in [1.807, 2.05) is 0 Å². The molecule has 0 bridgehead atoms. The first-order valence-electron chi connectivity index (χ1n) is 4.54. The molecule has 0 radical (unpaired) electrons. The molecule has 3 nitrogen and oxygen atoms in total. The highest BCUT2D eigenvalue weighted by molar-refractivity contribution is 5.87. The first-order chi connectivity index (χ1) is 5.48. The molecule has 4 N–H and O–H groups in total. The molecule has 0 aliphatic heterocycles. The van der Waals surface area contributed by atoms with Gasteiger partial charge in [-0.2, -0.15) is 0 Å². The summed E-state index contributed by atoms with van der Waals surface area (Å²) in [5.41, 5.74) is 11.3. The molecule has 0 spiro atoms. The van der Waals surface area contributed by atoms with Gasteiger partial charge in [-0.25, -0.2) is 0 Å². The highest BCUT2D eigenvalue weighted by atomic mass is 16.1. The van der Waals surface area contributed by atoms with Crippen LogP contribution in [0.3, 0.4) is 0 Å². The lowest BCUT2D eigenvalue weighted by atomic mass is 9.87. The molecule has 0 heterocycles. The summed E-state index contributed by atoms with van der Waals surface area (Å²) in [6.45, 7) is 3.72. The van der Waals surface area contributed by atoms with Gasteiger partial charge in [0.25, 0.3) is 0 Å². The van der Waals surface area contributed by atoms with Crippen molar-refractivity contribution in [1.82, 2.24) is 0 Å². The standard InChI is InChI=1S/C9H16N2O/c1-4-7-6(10)3-9(11,5(2)12)8(4)7/h4,6-8H,3,10-11H2,1-2H3/t4?,6-,7?,8?,9-/m1/s1. The molecule has 0 aromatic carbocycles. The van der Waals surface area contributed by atoms with E-state index in [1.54, 1.807) is 6.92 Å². The maximum absolute atomic E-state index is 11.3. The van der Waals surface area contributed by atoms with Crippen molar-refractivity contribution in [2.45, 2.75) is 31.8 Å². The summed E-state index contributed by atoms with van der Waals surface area (Å²) in [5, 5.41) is 0. The largest absolute Gasteiger partial charge is 0.327 e. The van der Waals surface area contributed by atoms with Gasteiger partial charge < -0.3 is 11.5 Å². The van der Waals surface area contributed by atoms with Crippen molar-refractivity contribution < 1.29 is 4.79 Å². The van der Waals surface area contributed by atoms with Gasteiger partial charge in [0, 0.05) is 6.04 Å². The minimum atomic E-state index is -0.594. The van der Waals surface area contributed by atoms with Crippen molar-refractivity contribution in [2.75, 3.05) is 0 Å². The molecule has 3 heteroatoms. The molecule has 0 saturated heterocycles. The Morgan fingerprint density at radius 1 is 1.58 bits per heavy atom. The Bertz CT molecular complexity index is 241. The fraction of sp³-hybridized carbons (Fsp3) is 0.889. The topological polar surface area (TPSA) is 69.1 Å². The zero-order valence-electron chi connectivity index (χ0n) is 7.58. The van der Waals surface area contributed by atoms with Crippen molar-refractivity contribution in [3.05, 3.63) is 0 Å².